The quantitative estimate of drug-likeness (QED) is 0.608. The number of nitrogens with zero attached hydrogens (tertiary/aromatic N) is 1. The van der Waals surface area contributed by atoms with Crippen molar-refractivity contribution in [1.82, 2.24) is 10.3 Å². The summed E-state index contributed by atoms with van der Waals surface area (Å²) < 4.78 is 5.63. The van der Waals surface area contributed by atoms with Gasteiger partial charge in [-0.1, -0.05) is 34.1 Å². The number of methoxy groups -OCH3 is 1. The van der Waals surface area contributed by atoms with Gasteiger partial charge in [0, 0.05) is 22.9 Å². The first-order valence-corrected chi connectivity index (χ1v) is 8.08. The van der Waals surface area contributed by atoms with Crippen LogP contribution in [0.3, 0.4) is 0 Å². The van der Waals surface area contributed by atoms with Crippen LogP contribution < -0.4 is 5.32 Å². The number of halogens is 1. The van der Waals surface area contributed by atoms with Gasteiger partial charge >= 0.3 is 5.97 Å². The minimum Gasteiger partial charge on any atom is -0.469 e. The zero-order valence-electron chi connectivity index (χ0n) is 13.1. The number of hydrogen-bond acceptors (Lipinski definition) is 4. The fraction of sp³-hybridized carbons (Fsp3) is 0.167. The molecule has 2 rings (SSSR count). The number of pyridine rings is 1. The van der Waals surface area contributed by atoms with E-state index in [1.807, 2.05) is 30.3 Å². The number of ether oxygens (including phenoxy) is 1. The molecule has 6 heteroatoms. The number of benzene rings is 1. The third-order valence-corrected chi connectivity index (χ3v) is 3.83. The van der Waals surface area contributed by atoms with E-state index < -0.39 is 6.04 Å². The van der Waals surface area contributed by atoms with Crippen molar-refractivity contribution in [2.45, 2.75) is 12.5 Å². The average molecular weight is 389 g/mol. The molecular formula is C18H17BrN2O3. The van der Waals surface area contributed by atoms with Crippen LogP contribution in [-0.4, -0.2) is 24.0 Å². The number of amides is 1. The van der Waals surface area contributed by atoms with Crippen LogP contribution in [0.5, 0.6) is 0 Å². The predicted molar refractivity (Wildman–Crippen MR) is 94.9 cm³/mol. The monoisotopic (exact) mass is 388 g/mol. The van der Waals surface area contributed by atoms with E-state index in [1.165, 1.54) is 13.2 Å². The Balaban J connectivity index is 2.09. The molecule has 0 saturated heterocycles. The summed E-state index contributed by atoms with van der Waals surface area (Å²) in [6, 6.07) is 10.6. The van der Waals surface area contributed by atoms with Gasteiger partial charge in [0.2, 0.25) is 5.91 Å². The lowest BCUT2D eigenvalue weighted by atomic mass is 10.0. The summed E-state index contributed by atoms with van der Waals surface area (Å²) in [4.78, 5) is 27.8. The lowest BCUT2D eigenvalue weighted by Crippen LogP contribution is -2.29. The topological polar surface area (TPSA) is 68.3 Å². The summed E-state index contributed by atoms with van der Waals surface area (Å²) in [5.74, 6) is -0.685. The first-order valence-electron chi connectivity index (χ1n) is 7.29. The van der Waals surface area contributed by atoms with Crippen LogP contribution in [0.25, 0.3) is 6.08 Å². The maximum absolute atomic E-state index is 12.2. The molecule has 1 unspecified atom stereocenters. The highest BCUT2D eigenvalue weighted by atomic mass is 79.9. The van der Waals surface area contributed by atoms with Gasteiger partial charge in [0.1, 0.15) is 0 Å². The Bertz CT molecular complexity index is 715. The minimum absolute atomic E-state index is 0.0601. The molecule has 2 aromatic rings. The summed E-state index contributed by atoms with van der Waals surface area (Å²) in [6.07, 6.45) is 6.46. The molecule has 0 saturated carbocycles. The van der Waals surface area contributed by atoms with Crippen molar-refractivity contribution in [1.29, 1.82) is 0 Å². The zero-order valence-corrected chi connectivity index (χ0v) is 14.7. The van der Waals surface area contributed by atoms with Crippen molar-refractivity contribution in [2.24, 2.45) is 0 Å². The van der Waals surface area contributed by atoms with Crippen LogP contribution in [-0.2, 0) is 14.3 Å². The largest absolute Gasteiger partial charge is 0.469 e. The number of carbonyl (C=O) groups is 2. The van der Waals surface area contributed by atoms with Gasteiger partial charge in [0.25, 0.3) is 0 Å². The number of aromatic nitrogens is 1. The summed E-state index contributed by atoms with van der Waals surface area (Å²) in [6.45, 7) is 0. The van der Waals surface area contributed by atoms with Gasteiger partial charge in [-0.05, 0) is 35.4 Å². The number of hydrogen-bond donors (Lipinski definition) is 1. The van der Waals surface area contributed by atoms with E-state index >= 15 is 0 Å². The maximum atomic E-state index is 12.2. The van der Waals surface area contributed by atoms with Crippen LogP contribution >= 0.6 is 15.9 Å². The van der Waals surface area contributed by atoms with E-state index in [-0.39, 0.29) is 18.3 Å². The second kappa shape index (κ2) is 8.98. The molecule has 0 bridgehead atoms. The summed E-state index contributed by atoms with van der Waals surface area (Å²) in [5.41, 5.74) is 1.65. The molecular weight excluding hydrogens is 372 g/mol. The Kier molecular flexibility index (Phi) is 6.69. The lowest BCUT2D eigenvalue weighted by Gasteiger charge is -2.17. The molecule has 0 radical (unpaired) electrons. The third-order valence-electron chi connectivity index (χ3n) is 3.30. The van der Waals surface area contributed by atoms with Crippen molar-refractivity contribution in [2.75, 3.05) is 7.11 Å². The highest BCUT2D eigenvalue weighted by Crippen LogP contribution is 2.20. The Hall–Kier alpha value is -2.47. The molecule has 1 amide bonds. The van der Waals surface area contributed by atoms with Crippen LogP contribution in [0.15, 0.2) is 59.3 Å². The number of rotatable bonds is 6. The highest BCUT2D eigenvalue weighted by Gasteiger charge is 2.18. The van der Waals surface area contributed by atoms with Crippen molar-refractivity contribution in [3.05, 3.63) is 70.5 Å². The fourth-order valence-corrected chi connectivity index (χ4v) is 2.33. The first kappa shape index (κ1) is 17.9. The van der Waals surface area contributed by atoms with Gasteiger partial charge in [-0.15, -0.1) is 0 Å². The predicted octanol–water partition coefficient (Wildman–Crippen LogP) is 3.28. The number of esters is 1. The van der Waals surface area contributed by atoms with E-state index in [4.69, 9.17) is 4.74 Å². The van der Waals surface area contributed by atoms with Crippen LogP contribution in [0, 0.1) is 0 Å². The zero-order chi connectivity index (χ0) is 17.4. The second-order valence-corrected chi connectivity index (χ2v) is 5.93. The van der Waals surface area contributed by atoms with Crippen molar-refractivity contribution in [3.63, 3.8) is 0 Å². The minimum atomic E-state index is -0.461. The molecule has 1 aromatic carbocycles. The second-order valence-electron chi connectivity index (χ2n) is 5.01. The van der Waals surface area contributed by atoms with Gasteiger partial charge < -0.3 is 10.1 Å². The molecule has 1 N–H and O–H groups in total. The van der Waals surface area contributed by atoms with Crippen molar-refractivity contribution in [3.8, 4) is 0 Å². The van der Waals surface area contributed by atoms with Crippen molar-refractivity contribution >= 4 is 33.9 Å². The smallest absolute Gasteiger partial charge is 0.307 e. The molecule has 0 aliphatic rings. The summed E-state index contributed by atoms with van der Waals surface area (Å²) in [5, 5.41) is 2.83. The third kappa shape index (κ3) is 5.62. The molecule has 1 aromatic heterocycles. The number of nitrogens with one attached hydrogen (secondary N) is 1. The average Bonchev–Trinajstić information content (AvgIpc) is 2.61. The van der Waals surface area contributed by atoms with Gasteiger partial charge in [0.15, 0.2) is 0 Å². The molecule has 124 valence electrons. The maximum Gasteiger partial charge on any atom is 0.307 e. The molecule has 1 heterocycles. The SMILES string of the molecule is COC(=O)CC(NC(=O)/C=C/c1cccnc1)c1ccc(Br)cc1. The van der Waals surface area contributed by atoms with Crippen LogP contribution in [0.4, 0.5) is 0 Å². The van der Waals surface area contributed by atoms with Gasteiger partial charge in [0.05, 0.1) is 19.6 Å². The standard InChI is InChI=1S/C18H17BrN2O3/c1-24-18(23)11-16(14-5-7-15(19)8-6-14)21-17(22)9-4-13-3-2-10-20-12-13/h2-10,12,16H,11H2,1H3,(H,21,22)/b9-4+. The molecule has 1 atom stereocenters. The van der Waals surface area contributed by atoms with E-state index in [9.17, 15) is 9.59 Å². The van der Waals surface area contributed by atoms with E-state index in [0.29, 0.717) is 0 Å². The van der Waals surface area contributed by atoms with Gasteiger partial charge in [-0.25, -0.2) is 0 Å². The summed E-state index contributed by atoms with van der Waals surface area (Å²) in [7, 11) is 1.32. The first-order chi connectivity index (χ1) is 11.6. The fourth-order valence-electron chi connectivity index (χ4n) is 2.06. The molecule has 0 aliphatic heterocycles. The molecule has 24 heavy (non-hydrogen) atoms. The van der Waals surface area contributed by atoms with Crippen molar-refractivity contribution < 1.29 is 14.3 Å². The Morgan fingerprint density at radius 1 is 1.29 bits per heavy atom. The van der Waals surface area contributed by atoms with Crippen LogP contribution in [0.2, 0.25) is 0 Å². The van der Waals surface area contributed by atoms with E-state index in [0.717, 1.165) is 15.6 Å². The highest BCUT2D eigenvalue weighted by molar-refractivity contribution is 9.10. The molecule has 0 spiro atoms. The molecule has 0 aliphatic carbocycles. The van der Waals surface area contributed by atoms with Gasteiger partial charge in [-0.3, -0.25) is 14.6 Å². The molecule has 0 fully saturated rings. The Labute approximate surface area is 148 Å². The Morgan fingerprint density at radius 3 is 2.67 bits per heavy atom. The lowest BCUT2D eigenvalue weighted by molar-refractivity contribution is -0.141. The summed E-state index contributed by atoms with van der Waals surface area (Å²) >= 11 is 3.36. The van der Waals surface area contributed by atoms with Gasteiger partial charge in [-0.2, -0.15) is 0 Å². The van der Waals surface area contributed by atoms with E-state index in [1.54, 1.807) is 24.5 Å². The van der Waals surface area contributed by atoms with E-state index in [2.05, 4.69) is 26.2 Å². The number of carbonyl (C=O) groups excluding carboxylic acids is 2. The molecule has 5 nitrogen and oxygen atoms in total. The Morgan fingerprint density at radius 2 is 2.04 bits per heavy atom. The normalized spacial score (nSPS) is 11.9. The van der Waals surface area contributed by atoms with Crippen LogP contribution in [0.1, 0.15) is 23.6 Å².